The molecule has 1 aromatic rings. The highest BCUT2D eigenvalue weighted by Crippen LogP contribution is 2.31. The van der Waals surface area contributed by atoms with Gasteiger partial charge in [0.05, 0.1) is 0 Å². The first-order valence-electron chi connectivity index (χ1n) is 4.72. The monoisotopic (exact) mass is 217 g/mol. The van der Waals surface area contributed by atoms with Gasteiger partial charge in [0.1, 0.15) is 5.54 Å². The average molecular weight is 217 g/mol. The van der Waals surface area contributed by atoms with E-state index >= 15 is 0 Å². The van der Waals surface area contributed by atoms with Crippen molar-refractivity contribution in [2.75, 3.05) is 0 Å². The molecule has 0 aliphatic carbocycles. The van der Waals surface area contributed by atoms with Crippen LogP contribution in [0.2, 0.25) is 0 Å². The summed E-state index contributed by atoms with van der Waals surface area (Å²) in [7, 11) is 0. The minimum atomic E-state index is -4.35. The first kappa shape index (κ1) is 12.0. The van der Waals surface area contributed by atoms with Crippen LogP contribution in [-0.4, -0.2) is 11.7 Å². The van der Waals surface area contributed by atoms with Crippen LogP contribution in [0.3, 0.4) is 0 Å². The summed E-state index contributed by atoms with van der Waals surface area (Å²) in [5.74, 6) is 0. The lowest BCUT2D eigenvalue weighted by molar-refractivity contribution is -0.182. The molecule has 84 valence electrons. The summed E-state index contributed by atoms with van der Waals surface area (Å²) in [6.07, 6.45) is -4.10. The number of nitrogens with two attached hydrogens (primary N) is 1. The van der Waals surface area contributed by atoms with Gasteiger partial charge in [0.15, 0.2) is 0 Å². The highest BCUT2D eigenvalue weighted by Gasteiger charge is 2.47. The molecule has 0 bridgehead atoms. The number of hydrogen-bond donors (Lipinski definition) is 1. The Morgan fingerprint density at radius 2 is 1.67 bits per heavy atom. The van der Waals surface area contributed by atoms with Gasteiger partial charge >= 0.3 is 6.18 Å². The molecule has 1 rings (SSSR count). The van der Waals surface area contributed by atoms with Crippen molar-refractivity contribution in [3.63, 3.8) is 0 Å². The number of hydrogen-bond acceptors (Lipinski definition) is 1. The third kappa shape index (κ3) is 3.23. The van der Waals surface area contributed by atoms with E-state index in [4.69, 9.17) is 5.73 Å². The zero-order valence-electron chi connectivity index (χ0n) is 8.51. The zero-order valence-corrected chi connectivity index (χ0v) is 8.51. The molecule has 1 unspecified atom stereocenters. The molecule has 2 N–H and O–H groups in total. The van der Waals surface area contributed by atoms with E-state index in [1.807, 2.05) is 6.07 Å². The average Bonchev–Trinajstić information content (AvgIpc) is 2.15. The van der Waals surface area contributed by atoms with Crippen LogP contribution < -0.4 is 5.73 Å². The van der Waals surface area contributed by atoms with Gasteiger partial charge in [-0.3, -0.25) is 0 Å². The predicted octanol–water partition coefficient (Wildman–Crippen LogP) is 2.90. The summed E-state index contributed by atoms with van der Waals surface area (Å²) in [5.41, 5.74) is 3.98. The second-order valence-corrected chi connectivity index (χ2v) is 3.90. The lowest BCUT2D eigenvalue weighted by atomic mass is 9.94. The van der Waals surface area contributed by atoms with Crippen LogP contribution in [0.25, 0.3) is 0 Å². The Balaban J connectivity index is 2.58. The lowest BCUT2D eigenvalue weighted by Crippen LogP contribution is -2.50. The molecule has 15 heavy (non-hydrogen) atoms. The first-order chi connectivity index (χ1) is 6.83. The molecule has 0 fully saturated rings. The van der Waals surface area contributed by atoms with E-state index in [9.17, 15) is 13.2 Å². The van der Waals surface area contributed by atoms with E-state index < -0.39 is 11.7 Å². The van der Waals surface area contributed by atoms with Crippen LogP contribution in [0.5, 0.6) is 0 Å². The van der Waals surface area contributed by atoms with Crippen LogP contribution in [0.1, 0.15) is 18.9 Å². The molecule has 0 aliphatic rings. The van der Waals surface area contributed by atoms with Gasteiger partial charge in [-0.15, -0.1) is 0 Å². The van der Waals surface area contributed by atoms with Gasteiger partial charge in [0.25, 0.3) is 0 Å². The summed E-state index contributed by atoms with van der Waals surface area (Å²) >= 11 is 0. The van der Waals surface area contributed by atoms with Crippen molar-refractivity contribution in [1.82, 2.24) is 0 Å². The molecule has 1 aromatic carbocycles. The van der Waals surface area contributed by atoms with Gasteiger partial charge in [-0.1, -0.05) is 30.3 Å². The number of benzene rings is 1. The third-order valence-corrected chi connectivity index (χ3v) is 2.42. The van der Waals surface area contributed by atoms with Gasteiger partial charge in [-0.25, -0.2) is 0 Å². The van der Waals surface area contributed by atoms with Crippen LogP contribution >= 0.6 is 0 Å². The summed E-state index contributed by atoms with van der Waals surface area (Å²) in [6.45, 7) is 1.02. The largest absolute Gasteiger partial charge is 0.406 e. The first-order valence-corrected chi connectivity index (χ1v) is 4.72. The normalized spacial score (nSPS) is 16.1. The Kier molecular flexibility index (Phi) is 3.39. The molecule has 4 heteroatoms. The van der Waals surface area contributed by atoms with Gasteiger partial charge in [0.2, 0.25) is 0 Å². The molecular formula is C11H14F3N. The highest BCUT2D eigenvalue weighted by molar-refractivity contribution is 5.15. The molecule has 0 saturated heterocycles. The summed E-state index contributed by atoms with van der Waals surface area (Å²) in [6, 6.07) is 9.03. The van der Waals surface area contributed by atoms with Crippen molar-refractivity contribution in [3.05, 3.63) is 35.9 Å². The molecule has 1 nitrogen and oxygen atoms in total. The fraction of sp³-hybridized carbons (Fsp3) is 0.455. The highest BCUT2D eigenvalue weighted by atomic mass is 19.4. The molecule has 0 saturated carbocycles. The van der Waals surface area contributed by atoms with E-state index in [-0.39, 0.29) is 6.42 Å². The molecule has 0 amide bonds. The van der Waals surface area contributed by atoms with Crippen LogP contribution in [0.4, 0.5) is 13.2 Å². The lowest BCUT2D eigenvalue weighted by Gasteiger charge is -2.27. The Morgan fingerprint density at radius 1 is 1.13 bits per heavy atom. The van der Waals surface area contributed by atoms with E-state index in [0.29, 0.717) is 6.42 Å². The maximum Gasteiger partial charge on any atom is 0.406 e. The van der Waals surface area contributed by atoms with E-state index in [1.165, 1.54) is 0 Å². The van der Waals surface area contributed by atoms with Crippen molar-refractivity contribution in [1.29, 1.82) is 0 Å². The fourth-order valence-electron chi connectivity index (χ4n) is 1.19. The van der Waals surface area contributed by atoms with Gasteiger partial charge in [0, 0.05) is 0 Å². The van der Waals surface area contributed by atoms with Crippen LogP contribution in [0.15, 0.2) is 30.3 Å². The molecule has 1 atom stereocenters. The number of aryl methyl sites for hydroxylation is 1. The summed E-state index contributed by atoms with van der Waals surface area (Å²) in [5, 5.41) is 0. The smallest absolute Gasteiger partial charge is 0.318 e. The molecule has 0 radical (unpaired) electrons. The van der Waals surface area contributed by atoms with Crippen molar-refractivity contribution < 1.29 is 13.2 Å². The number of alkyl halides is 3. The van der Waals surface area contributed by atoms with Gasteiger partial charge in [-0.2, -0.15) is 13.2 Å². The zero-order chi connectivity index (χ0) is 11.5. The second-order valence-electron chi connectivity index (χ2n) is 3.90. The van der Waals surface area contributed by atoms with Crippen molar-refractivity contribution in [2.24, 2.45) is 5.73 Å². The number of rotatable bonds is 3. The van der Waals surface area contributed by atoms with Crippen molar-refractivity contribution in [3.8, 4) is 0 Å². The van der Waals surface area contributed by atoms with E-state index in [2.05, 4.69) is 0 Å². The SMILES string of the molecule is CC(N)(CCc1ccccc1)C(F)(F)F. The quantitative estimate of drug-likeness (QED) is 0.827. The predicted molar refractivity (Wildman–Crippen MR) is 53.4 cm³/mol. The minimum absolute atomic E-state index is 0.0967. The number of halogens is 3. The van der Waals surface area contributed by atoms with Crippen molar-refractivity contribution in [2.45, 2.75) is 31.5 Å². The second kappa shape index (κ2) is 4.23. The molecule has 0 aromatic heterocycles. The molecule has 0 aliphatic heterocycles. The van der Waals surface area contributed by atoms with Gasteiger partial charge in [-0.05, 0) is 25.3 Å². The van der Waals surface area contributed by atoms with Crippen molar-refractivity contribution >= 4 is 0 Å². The summed E-state index contributed by atoms with van der Waals surface area (Å²) in [4.78, 5) is 0. The van der Waals surface area contributed by atoms with Crippen LogP contribution in [-0.2, 0) is 6.42 Å². The van der Waals surface area contributed by atoms with E-state index in [0.717, 1.165) is 12.5 Å². The maximum atomic E-state index is 12.4. The Bertz CT molecular complexity index is 303. The van der Waals surface area contributed by atoms with Crippen LogP contribution in [0, 0.1) is 0 Å². The minimum Gasteiger partial charge on any atom is -0.318 e. The molecule has 0 spiro atoms. The topological polar surface area (TPSA) is 26.0 Å². The fourth-order valence-corrected chi connectivity index (χ4v) is 1.19. The Labute approximate surface area is 87.1 Å². The van der Waals surface area contributed by atoms with E-state index in [1.54, 1.807) is 24.3 Å². The molecule has 0 heterocycles. The Hall–Kier alpha value is -1.03. The maximum absolute atomic E-state index is 12.4. The standard InChI is InChI=1S/C11H14F3N/c1-10(15,11(12,13)14)8-7-9-5-3-2-4-6-9/h2-6H,7-8,15H2,1H3. The summed E-state index contributed by atoms with van der Waals surface area (Å²) < 4.78 is 37.2. The van der Waals surface area contributed by atoms with Gasteiger partial charge < -0.3 is 5.73 Å². The molecular weight excluding hydrogens is 203 g/mol. The third-order valence-electron chi connectivity index (χ3n) is 2.42. The Morgan fingerprint density at radius 3 is 2.13 bits per heavy atom.